The predicted molar refractivity (Wildman–Crippen MR) is 91.6 cm³/mol. The first kappa shape index (κ1) is 18.9. The van der Waals surface area contributed by atoms with Crippen LogP contribution in [0.15, 0.2) is 29.2 Å². The molecule has 1 aromatic heterocycles. The van der Waals surface area contributed by atoms with Crippen molar-refractivity contribution in [2.75, 3.05) is 20.7 Å². The molecular formula is C16H21N3O5S. The molecule has 1 aromatic carbocycles. The zero-order valence-electron chi connectivity index (χ0n) is 14.6. The fraction of sp³-hybridized carbons (Fsp3) is 0.375. The summed E-state index contributed by atoms with van der Waals surface area (Å²) < 4.78 is 31.3. The van der Waals surface area contributed by atoms with Crippen LogP contribution in [0, 0.1) is 6.92 Å². The number of sulfonamides is 1. The standard InChI is InChI=1S/C16H21N3O5S/c1-5-24-14(20)10-19-16(21)11(2)15(17-19)12-6-8-13(9-7-12)25(22,23)18(3)4/h6-9,21H,5,10H2,1-4H3. The average Bonchev–Trinajstić information content (AvgIpc) is 2.83. The highest BCUT2D eigenvalue weighted by atomic mass is 32.2. The zero-order chi connectivity index (χ0) is 18.8. The normalized spacial score (nSPS) is 11.7. The van der Waals surface area contributed by atoms with E-state index >= 15 is 0 Å². The minimum Gasteiger partial charge on any atom is -0.493 e. The topological polar surface area (TPSA) is 102 Å². The van der Waals surface area contributed by atoms with Gasteiger partial charge in [0.25, 0.3) is 0 Å². The number of aromatic nitrogens is 2. The summed E-state index contributed by atoms with van der Waals surface area (Å²) in [5.74, 6) is -0.632. The van der Waals surface area contributed by atoms with Gasteiger partial charge < -0.3 is 9.84 Å². The van der Waals surface area contributed by atoms with Gasteiger partial charge in [0.15, 0.2) is 0 Å². The monoisotopic (exact) mass is 367 g/mol. The van der Waals surface area contributed by atoms with Crippen molar-refractivity contribution >= 4 is 16.0 Å². The van der Waals surface area contributed by atoms with Gasteiger partial charge in [-0.2, -0.15) is 5.10 Å². The maximum atomic E-state index is 12.1. The van der Waals surface area contributed by atoms with Gasteiger partial charge in [0.1, 0.15) is 6.54 Å². The average molecular weight is 367 g/mol. The summed E-state index contributed by atoms with van der Waals surface area (Å²) in [5.41, 5.74) is 1.59. The smallest absolute Gasteiger partial charge is 0.327 e. The molecule has 9 heteroatoms. The summed E-state index contributed by atoms with van der Waals surface area (Å²) >= 11 is 0. The molecule has 0 saturated carbocycles. The van der Waals surface area contributed by atoms with Gasteiger partial charge in [-0.3, -0.25) is 4.79 Å². The Balaban J connectivity index is 2.35. The molecular weight excluding hydrogens is 346 g/mol. The molecule has 25 heavy (non-hydrogen) atoms. The van der Waals surface area contributed by atoms with Crippen molar-refractivity contribution in [2.24, 2.45) is 0 Å². The molecule has 0 saturated heterocycles. The van der Waals surface area contributed by atoms with Crippen molar-refractivity contribution in [2.45, 2.75) is 25.3 Å². The largest absolute Gasteiger partial charge is 0.493 e. The second kappa shape index (κ2) is 7.24. The quantitative estimate of drug-likeness (QED) is 0.774. The van der Waals surface area contributed by atoms with Crippen LogP contribution >= 0.6 is 0 Å². The van der Waals surface area contributed by atoms with Crippen molar-refractivity contribution < 1.29 is 23.1 Å². The molecule has 0 bridgehead atoms. The highest BCUT2D eigenvalue weighted by Crippen LogP contribution is 2.29. The molecule has 0 unspecified atom stereocenters. The summed E-state index contributed by atoms with van der Waals surface area (Å²) in [6, 6.07) is 6.18. The van der Waals surface area contributed by atoms with Gasteiger partial charge in [-0.15, -0.1) is 0 Å². The van der Waals surface area contributed by atoms with Crippen LogP contribution in [0.4, 0.5) is 0 Å². The number of benzene rings is 1. The molecule has 0 radical (unpaired) electrons. The summed E-state index contributed by atoms with van der Waals surface area (Å²) in [7, 11) is -0.592. The lowest BCUT2D eigenvalue weighted by molar-refractivity contribution is -0.144. The van der Waals surface area contributed by atoms with E-state index in [0.717, 1.165) is 8.99 Å². The fourth-order valence-electron chi connectivity index (χ4n) is 2.25. The minimum absolute atomic E-state index is 0.131. The highest BCUT2D eigenvalue weighted by molar-refractivity contribution is 7.89. The Hall–Kier alpha value is -2.39. The molecule has 136 valence electrons. The number of hydrogen-bond acceptors (Lipinski definition) is 6. The summed E-state index contributed by atoms with van der Waals surface area (Å²) in [6.45, 7) is 3.41. The Bertz CT molecular complexity index is 870. The Morgan fingerprint density at radius 1 is 1.28 bits per heavy atom. The molecule has 0 amide bonds. The summed E-state index contributed by atoms with van der Waals surface area (Å²) in [5, 5.41) is 14.4. The molecule has 0 aliphatic rings. The van der Waals surface area contributed by atoms with Gasteiger partial charge in [0.2, 0.25) is 15.9 Å². The molecule has 0 aliphatic heterocycles. The lowest BCUT2D eigenvalue weighted by Crippen LogP contribution is -2.22. The van der Waals surface area contributed by atoms with E-state index in [1.165, 1.54) is 26.2 Å². The van der Waals surface area contributed by atoms with Crippen LogP contribution in [0.5, 0.6) is 5.88 Å². The number of hydrogen-bond donors (Lipinski definition) is 1. The molecule has 2 aromatic rings. The Morgan fingerprint density at radius 3 is 2.40 bits per heavy atom. The van der Waals surface area contributed by atoms with Crippen LogP contribution in [0.1, 0.15) is 12.5 Å². The van der Waals surface area contributed by atoms with Crippen molar-refractivity contribution in [3.05, 3.63) is 29.8 Å². The molecule has 8 nitrogen and oxygen atoms in total. The van der Waals surface area contributed by atoms with Crippen LogP contribution in [0.25, 0.3) is 11.3 Å². The SMILES string of the molecule is CCOC(=O)Cn1nc(-c2ccc(S(=O)(=O)N(C)C)cc2)c(C)c1O. The lowest BCUT2D eigenvalue weighted by atomic mass is 10.1. The lowest BCUT2D eigenvalue weighted by Gasteiger charge is -2.11. The van der Waals surface area contributed by atoms with Gasteiger partial charge in [-0.05, 0) is 26.0 Å². The van der Waals surface area contributed by atoms with Crippen LogP contribution in [-0.2, 0) is 26.1 Å². The molecule has 0 atom stereocenters. The first-order valence-corrected chi connectivity index (χ1v) is 9.07. The van der Waals surface area contributed by atoms with E-state index in [-0.39, 0.29) is 23.9 Å². The number of ether oxygens (including phenoxy) is 1. The Morgan fingerprint density at radius 2 is 1.88 bits per heavy atom. The Kier molecular flexibility index (Phi) is 5.48. The summed E-state index contributed by atoms with van der Waals surface area (Å²) in [4.78, 5) is 11.7. The predicted octanol–water partition coefficient (Wildman–Crippen LogP) is 1.38. The molecule has 1 heterocycles. The first-order valence-electron chi connectivity index (χ1n) is 7.63. The molecule has 0 fully saturated rings. The maximum absolute atomic E-state index is 12.1. The van der Waals surface area contributed by atoms with Crippen LogP contribution in [0.2, 0.25) is 0 Å². The first-order chi connectivity index (χ1) is 11.7. The maximum Gasteiger partial charge on any atom is 0.327 e. The van der Waals surface area contributed by atoms with Gasteiger partial charge in [0, 0.05) is 25.2 Å². The van der Waals surface area contributed by atoms with E-state index in [2.05, 4.69) is 5.10 Å². The third kappa shape index (κ3) is 3.83. The van der Waals surface area contributed by atoms with E-state index < -0.39 is 16.0 Å². The third-order valence-electron chi connectivity index (χ3n) is 3.65. The summed E-state index contributed by atoms with van der Waals surface area (Å²) in [6.07, 6.45) is 0. The number of esters is 1. The molecule has 0 spiro atoms. The highest BCUT2D eigenvalue weighted by Gasteiger charge is 2.20. The second-order valence-corrected chi connectivity index (χ2v) is 7.72. The van der Waals surface area contributed by atoms with Gasteiger partial charge in [-0.25, -0.2) is 17.4 Å². The van der Waals surface area contributed by atoms with E-state index in [1.54, 1.807) is 26.0 Å². The van der Waals surface area contributed by atoms with E-state index in [0.29, 0.717) is 16.8 Å². The van der Waals surface area contributed by atoms with Crippen molar-refractivity contribution in [1.82, 2.24) is 14.1 Å². The second-order valence-electron chi connectivity index (χ2n) is 5.57. The van der Waals surface area contributed by atoms with Crippen molar-refractivity contribution in [3.63, 3.8) is 0 Å². The Labute approximate surface area is 146 Å². The van der Waals surface area contributed by atoms with Gasteiger partial charge in [0.05, 0.1) is 17.2 Å². The van der Waals surface area contributed by atoms with Gasteiger partial charge in [-0.1, -0.05) is 12.1 Å². The van der Waals surface area contributed by atoms with Crippen LogP contribution < -0.4 is 0 Å². The van der Waals surface area contributed by atoms with Gasteiger partial charge >= 0.3 is 5.97 Å². The number of carbonyl (C=O) groups excluding carboxylic acids is 1. The van der Waals surface area contributed by atoms with E-state index in [4.69, 9.17) is 4.74 Å². The molecule has 0 aliphatic carbocycles. The molecule has 2 rings (SSSR count). The number of rotatable bonds is 6. The van der Waals surface area contributed by atoms with Crippen LogP contribution in [0.3, 0.4) is 0 Å². The zero-order valence-corrected chi connectivity index (χ0v) is 15.4. The van der Waals surface area contributed by atoms with E-state index in [9.17, 15) is 18.3 Å². The van der Waals surface area contributed by atoms with E-state index in [1.807, 2.05) is 0 Å². The molecule has 1 N–H and O–H groups in total. The van der Waals surface area contributed by atoms with Crippen LogP contribution in [-0.4, -0.2) is 54.3 Å². The number of nitrogens with zero attached hydrogens (tertiary/aromatic N) is 3. The van der Waals surface area contributed by atoms with Crippen molar-refractivity contribution in [3.8, 4) is 17.1 Å². The van der Waals surface area contributed by atoms with Crippen molar-refractivity contribution in [1.29, 1.82) is 0 Å². The fourth-order valence-corrected chi connectivity index (χ4v) is 3.15. The number of aromatic hydroxyl groups is 1. The number of carbonyl (C=O) groups is 1. The minimum atomic E-state index is -3.51. The third-order valence-corrected chi connectivity index (χ3v) is 5.48.